The molecule has 144 valence electrons. The smallest absolute Gasteiger partial charge is 0.224 e. The number of benzene rings is 1. The number of amides is 1. The quantitative estimate of drug-likeness (QED) is 0.787. The van der Waals surface area contributed by atoms with Gasteiger partial charge >= 0.3 is 0 Å². The van der Waals surface area contributed by atoms with Crippen LogP contribution >= 0.6 is 0 Å². The second-order valence-corrected chi connectivity index (χ2v) is 7.38. The van der Waals surface area contributed by atoms with Crippen molar-refractivity contribution in [2.75, 3.05) is 24.3 Å². The topological polar surface area (TPSA) is 70.2 Å². The molecule has 27 heavy (non-hydrogen) atoms. The molecule has 1 amide bonds. The number of hydrogen-bond donors (Lipinski definition) is 2. The molecule has 2 aromatic rings. The maximum Gasteiger partial charge on any atom is 0.224 e. The fourth-order valence-corrected chi connectivity index (χ4v) is 3.43. The van der Waals surface area contributed by atoms with E-state index in [2.05, 4.69) is 32.7 Å². The number of nitrogens with one attached hydrogen (secondary N) is 2. The highest BCUT2D eigenvalue weighted by atomic mass is 16.1. The van der Waals surface area contributed by atoms with Crippen LogP contribution in [-0.4, -0.2) is 42.1 Å². The summed E-state index contributed by atoms with van der Waals surface area (Å²) in [5, 5.41) is 6.63. The monoisotopic (exact) mass is 367 g/mol. The minimum absolute atomic E-state index is 0.150. The van der Waals surface area contributed by atoms with Crippen molar-refractivity contribution in [1.82, 2.24) is 15.3 Å². The fourth-order valence-electron chi connectivity index (χ4n) is 3.43. The van der Waals surface area contributed by atoms with Crippen LogP contribution in [0, 0.1) is 0 Å². The van der Waals surface area contributed by atoms with Gasteiger partial charge in [-0.1, -0.05) is 30.3 Å². The number of carbonyl (C=O) groups is 1. The van der Waals surface area contributed by atoms with Crippen molar-refractivity contribution in [3.05, 3.63) is 48.2 Å². The molecule has 1 saturated carbocycles. The zero-order valence-corrected chi connectivity index (χ0v) is 16.2. The Kier molecular flexibility index (Phi) is 6.63. The molecular weight excluding hydrogens is 338 g/mol. The maximum absolute atomic E-state index is 12.2. The average molecular weight is 367 g/mol. The van der Waals surface area contributed by atoms with Gasteiger partial charge < -0.3 is 15.5 Å². The van der Waals surface area contributed by atoms with Crippen LogP contribution in [0.5, 0.6) is 0 Å². The van der Waals surface area contributed by atoms with Crippen LogP contribution in [0.15, 0.2) is 42.6 Å². The minimum atomic E-state index is 0.150. The van der Waals surface area contributed by atoms with Gasteiger partial charge in [0.1, 0.15) is 5.82 Å². The summed E-state index contributed by atoms with van der Waals surface area (Å²) in [5.74, 6) is 1.72. The second-order valence-electron chi connectivity index (χ2n) is 7.38. The van der Waals surface area contributed by atoms with Gasteiger partial charge in [0.2, 0.25) is 11.9 Å². The highest BCUT2D eigenvalue weighted by molar-refractivity contribution is 5.76. The van der Waals surface area contributed by atoms with Crippen LogP contribution in [0.3, 0.4) is 0 Å². The molecular formula is C21H29N5O. The van der Waals surface area contributed by atoms with E-state index in [1.54, 1.807) is 6.20 Å². The first kappa shape index (κ1) is 19.1. The van der Waals surface area contributed by atoms with E-state index in [0.717, 1.165) is 37.9 Å². The summed E-state index contributed by atoms with van der Waals surface area (Å²) in [6.07, 6.45) is 7.13. The lowest BCUT2D eigenvalue weighted by Gasteiger charge is -2.29. The molecule has 1 aliphatic carbocycles. The summed E-state index contributed by atoms with van der Waals surface area (Å²) in [6.45, 7) is 0. The first-order valence-corrected chi connectivity index (χ1v) is 9.70. The Morgan fingerprint density at radius 3 is 2.48 bits per heavy atom. The third-order valence-electron chi connectivity index (χ3n) is 5.01. The molecule has 2 N–H and O–H groups in total. The molecule has 0 saturated heterocycles. The molecule has 0 spiro atoms. The standard InChI is InChI=1S/C21H29N5O/c1-26(2)19-14-15-22-21(25-19)24-18-11-9-17(10-12-18)23-20(27)13-8-16-6-4-3-5-7-16/h3-7,14-15,17-18H,8-13H2,1-2H3,(H,23,27)(H,22,24,25). The molecule has 1 aromatic heterocycles. The maximum atomic E-state index is 12.2. The summed E-state index contributed by atoms with van der Waals surface area (Å²) in [4.78, 5) is 23.0. The second kappa shape index (κ2) is 9.35. The minimum Gasteiger partial charge on any atom is -0.363 e. The first-order valence-electron chi connectivity index (χ1n) is 9.70. The highest BCUT2D eigenvalue weighted by Crippen LogP contribution is 2.22. The van der Waals surface area contributed by atoms with Gasteiger partial charge in [0, 0.05) is 38.8 Å². The van der Waals surface area contributed by atoms with Crippen LogP contribution in [0.1, 0.15) is 37.7 Å². The number of carbonyl (C=O) groups excluding carboxylic acids is 1. The van der Waals surface area contributed by atoms with Crippen molar-refractivity contribution < 1.29 is 4.79 Å². The third-order valence-corrected chi connectivity index (χ3v) is 5.01. The van der Waals surface area contributed by atoms with Gasteiger partial charge in [0.25, 0.3) is 0 Å². The molecule has 0 unspecified atom stereocenters. The zero-order valence-electron chi connectivity index (χ0n) is 16.2. The Bertz CT molecular complexity index is 726. The Morgan fingerprint density at radius 2 is 1.78 bits per heavy atom. The highest BCUT2D eigenvalue weighted by Gasteiger charge is 2.22. The molecule has 0 aliphatic heterocycles. The molecule has 1 aromatic carbocycles. The summed E-state index contributed by atoms with van der Waals surface area (Å²) in [7, 11) is 3.94. The van der Waals surface area contributed by atoms with Gasteiger partial charge in [-0.05, 0) is 43.7 Å². The molecule has 1 fully saturated rings. The number of aryl methyl sites for hydroxylation is 1. The molecule has 0 radical (unpaired) electrons. The van der Waals surface area contributed by atoms with Gasteiger partial charge in [-0.2, -0.15) is 4.98 Å². The van der Waals surface area contributed by atoms with Crippen molar-refractivity contribution in [2.24, 2.45) is 0 Å². The Balaban J connectivity index is 1.39. The zero-order chi connectivity index (χ0) is 19.1. The van der Waals surface area contributed by atoms with Gasteiger partial charge in [0.05, 0.1) is 0 Å². The van der Waals surface area contributed by atoms with Crippen molar-refractivity contribution in [1.29, 1.82) is 0 Å². The Morgan fingerprint density at radius 1 is 1.07 bits per heavy atom. The van der Waals surface area contributed by atoms with E-state index in [1.807, 2.05) is 43.3 Å². The number of aromatic nitrogens is 2. The van der Waals surface area contributed by atoms with Crippen LogP contribution in [-0.2, 0) is 11.2 Å². The molecule has 1 aliphatic rings. The lowest BCUT2D eigenvalue weighted by molar-refractivity contribution is -0.122. The first-order chi connectivity index (χ1) is 13.1. The normalized spacial score (nSPS) is 19.3. The van der Waals surface area contributed by atoms with E-state index in [0.29, 0.717) is 18.4 Å². The Hall–Kier alpha value is -2.63. The van der Waals surface area contributed by atoms with Crippen LogP contribution < -0.4 is 15.5 Å². The molecule has 6 nitrogen and oxygen atoms in total. The predicted molar refractivity (Wildman–Crippen MR) is 109 cm³/mol. The number of anilines is 2. The van der Waals surface area contributed by atoms with E-state index in [4.69, 9.17) is 0 Å². The molecule has 0 bridgehead atoms. The molecule has 1 heterocycles. The van der Waals surface area contributed by atoms with Crippen LogP contribution in [0.25, 0.3) is 0 Å². The number of hydrogen-bond acceptors (Lipinski definition) is 5. The lowest BCUT2D eigenvalue weighted by atomic mass is 9.91. The van der Waals surface area contributed by atoms with Crippen molar-refractivity contribution in [3.8, 4) is 0 Å². The molecule has 6 heteroatoms. The van der Waals surface area contributed by atoms with Crippen molar-refractivity contribution in [3.63, 3.8) is 0 Å². The number of rotatable bonds is 7. The molecule has 3 rings (SSSR count). The summed E-state index contributed by atoms with van der Waals surface area (Å²) >= 11 is 0. The van der Waals surface area contributed by atoms with E-state index < -0.39 is 0 Å². The summed E-state index contributed by atoms with van der Waals surface area (Å²) in [6, 6.07) is 12.7. The average Bonchev–Trinajstić information content (AvgIpc) is 2.69. The predicted octanol–water partition coefficient (Wildman–Crippen LogP) is 3.01. The van der Waals surface area contributed by atoms with E-state index in [-0.39, 0.29) is 11.9 Å². The van der Waals surface area contributed by atoms with E-state index >= 15 is 0 Å². The Labute approximate surface area is 161 Å². The fraction of sp³-hybridized carbons (Fsp3) is 0.476. The largest absolute Gasteiger partial charge is 0.363 e. The van der Waals surface area contributed by atoms with Gasteiger partial charge in [0.15, 0.2) is 0 Å². The van der Waals surface area contributed by atoms with Crippen LogP contribution in [0.4, 0.5) is 11.8 Å². The van der Waals surface area contributed by atoms with Crippen molar-refractivity contribution in [2.45, 2.75) is 50.6 Å². The third kappa shape index (κ3) is 5.94. The molecule has 0 atom stereocenters. The van der Waals surface area contributed by atoms with Crippen LogP contribution in [0.2, 0.25) is 0 Å². The van der Waals surface area contributed by atoms with E-state index in [9.17, 15) is 4.79 Å². The lowest BCUT2D eigenvalue weighted by Crippen LogP contribution is -2.40. The summed E-state index contributed by atoms with van der Waals surface area (Å²) in [5.41, 5.74) is 1.21. The van der Waals surface area contributed by atoms with Gasteiger partial charge in [-0.25, -0.2) is 4.98 Å². The SMILES string of the molecule is CN(C)c1ccnc(NC2CCC(NC(=O)CCc3ccccc3)CC2)n1. The summed E-state index contributed by atoms with van der Waals surface area (Å²) < 4.78 is 0. The number of nitrogens with zero attached hydrogens (tertiary/aromatic N) is 3. The van der Waals surface area contributed by atoms with Gasteiger partial charge in [-0.15, -0.1) is 0 Å². The van der Waals surface area contributed by atoms with Gasteiger partial charge in [-0.3, -0.25) is 4.79 Å². The van der Waals surface area contributed by atoms with Crippen molar-refractivity contribution >= 4 is 17.7 Å². The van der Waals surface area contributed by atoms with E-state index in [1.165, 1.54) is 5.56 Å².